The van der Waals surface area contributed by atoms with Crippen molar-refractivity contribution in [3.8, 4) is 0 Å². The van der Waals surface area contributed by atoms with Crippen molar-refractivity contribution in [2.24, 2.45) is 0 Å². The lowest BCUT2D eigenvalue weighted by atomic mass is 9.94. The van der Waals surface area contributed by atoms with Crippen LogP contribution in [-0.2, 0) is 16.3 Å². The van der Waals surface area contributed by atoms with Gasteiger partial charge in [0.05, 0.1) is 0 Å². The zero-order chi connectivity index (χ0) is 15.0. The molecule has 0 bridgehead atoms. The first-order valence-electron chi connectivity index (χ1n) is 6.80. The molecule has 2 heterocycles. The van der Waals surface area contributed by atoms with Gasteiger partial charge in [-0.15, -0.1) is 0 Å². The van der Waals surface area contributed by atoms with Crippen LogP contribution in [0.4, 0.5) is 0 Å². The van der Waals surface area contributed by atoms with E-state index in [0.717, 1.165) is 18.5 Å². The van der Waals surface area contributed by atoms with Crippen molar-refractivity contribution in [1.29, 1.82) is 0 Å². The minimum Gasteiger partial charge on any atom is -0.337 e. The van der Waals surface area contributed by atoms with E-state index in [2.05, 4.69) is 21.5 Å². The first-order chi connectivity index (χ1) is 9.97. The number of hydrogen-bond donors (Lipinski definition) is 1. The largest absolute Gasteiger partial charge is 0.337 e. The van der Waals surface area contributed by atoms with E-state index in [1.54, 1.807) is 6.92 Å². The van der Waals surface area contributed by atoms with Crippen molar-refractivity contribution in [2.75, 3.05) is 12.8 Å². The predicted molar refractivity (Wildman–Crippen MR) is 77.5 cm³/mol. The molecule has 1 aliphatic rings. The Labute approximate surface area is 123 Å². The lowest BCUT2D eigenvalue weighted by molar-refractivity contribution is 0.340. The van der Waals surface area contributed by atoms with Crippen LogP contribution in [0.2, 0.25) is 0 Å². The van der Waals surface area contributed by atoms with E-state index in [9.17, 15) is 8.42 Å². The van der Waals surface area contributed by atoms with Crippen LogP contribution >= 0.6 is 0 Å². The van der Waals surface area contributed by atoms with E-state index in [1.807, 2.05) is 18.2 Å². The van der Waals surface area contributed by atoms with Crippen LogP contribution in [0.1, 0.15) is 41.1 Å². The van der Waals surface area contributed by atoms with Gasteiger partial charge in [0.1, 0.15) is 11.3 Å². The molecule has 2 aromatic rings. The Morgan fingerprint density at radius 1 is 1.38 bits per heavy atom. The molecule has 0 saturated carbocycles. The molecule has 0 fully saturated rings. The third-order valence-electron chi connectivity index (χ3n) is 3.82. The summed E-state index contributed by atoms with van der Waals surface area (Å²) in [6.45, 7) is 2.38. The molecule has 7 heteroatoms. The molecule has 112 valence electrons. The van der Waals surface area contributed by atoms with E-state index in [4.69, 9.17) is 4.52 Å². The van der Waals surface area contributed by atoms with Gasteiger partial charge in [-0.25, -0.2) is 8.42 Å². The zero-order valence-corrected chi connectivity index (χ0v) is 12.7. The van der Waals surface area contributed by atoms with Crippen LogP contribution < -0.4 is 5.32 Å². The van der Waals surface area contributed by atoms with Crippen molar-refractivity contribution in [2.45, 2.75) is 24.6 Å². The Balaban J connectivity index is 1.95. The topological polar surface area (TPSA) is 85.1 Å². The third-order valence-corrected chi connectivity index (χ3v) is 5.31. The quantitative estimate of drug-likeness (QED) is 0.923. The van der Waals surface area contributed by atoms with E-state index in [-0.39, 0.29) is 11.9 Å². The molecule has 1 N–H and O–H groups in total. The highest BCUT2D eigenvalue weighted by atomic mass is 32.2. The van der Waals surface area contributed by atoms with Gasteiger partial charge in [0, 0.05) is 12.8 Å². The number of sulfone groups is 1. The minimum atomic E-state index is -3.24. The summed E-state index contributed by atoms with van der Waals surface area (Å²) >= 11 is 0. The second-order valence-corrected chi connectivity index (χ2v) is 7.66. The van der Waals surface area contributed by atoms with Crippen molar-refractivity contribution < 1.29 is 12.9 Å². The van der Waals surface area contributed by atoms with Gasteiger partial charge in [0.15, 0.2) is 15.7 Å². The first-order valence-corrected chi connectivity index (χ1v) is 8.76. The number of nitrogens with one attached hydrogen (secondary N) is 1. The molecular formula is C14H17N3O3S. The highest BCUT2D eigenvalue weighted by molar-refractivity contribution is 7.90. The second-order valence-electron chi connectivity index (χ2n) is 5.30. The molecule has 1 aliphatic heterocycles. The van der Waals surface area contributed by atoms with Gasteiger partial charge >= 0.3 is 0 Å². The summed E-state index contributed by atoms with van der Waals surface area (Å²) in [5, 5.41) is 6.39. The Morgan fingerprint density at radius 3 is 2.90 bits per heavy atom. The average molecular weight is 307 g/mol. The van der Waals surface area contributed by atoms with Crippen LogP contribution in [0.15, 0.2) is 28.8 Å². The SMILES string of the molecule is CC(c1noc(C2NCCc3ccccc32)n1)S(C)(=O)=O. The molecule has 21 heavy (non-hydrogen) atoms. The molecule has 0 radical (unpaired) electrons. The summed E-state index contributed by atoms with van der Waals surface area (Å²) in [6, 6.07) is 7.90. The highest BCUT2D eigenvalue weighted by Crippen LogP contribution is 2.28. The monoisotopic (exact) mass is 307 g/mol. The maximum Gasteiger partial charge on any atom is 0.248 e. The van der Waals surface area contributed by atoms with Gasteiger partial charge in [-0.2, -0.15) is 4.98 Å². The lowest BCUT2D eigenvalue weighted by Crippen LogP contribution is -2.30. The van der Waals surface area contributed by atoms with Crippen molar-refractivity contribution in [3.05, 3.63) is 47.1 Å². The Bertz CT molecular complexity index is 754. The number of hydrogen-bond acceptors (Lipinski definition) is 6. The number of nitrogens with zero attached hydrogens (tertiary/aromatic N) is 2. The normalized spacial score (nSPS) is 20.0. The molecule has 6 nitrogen and oxygen atoms in total. The minimum absolute atomic E-state index is 0.178. The number of benzene rings is 1. The van der Waals surface area contributed by atoms with Gasteiger partial charge in [0.2, 0.25) is 5.89 Å². The molecule has 0 amide bonds. The van der Waals surface area contributed by atoms with Gasteiger partial charge in [-0.1, -0.05) is 29.4 Å². The zero-order valence-electron chi connectivity index (χ0n) is 11.9. The van der Waals surface area contributed by atoms with Crippen LogP contribution in [-0.4, -0.2) is 31.4 Å². The predicted octanol–water partition coefficient (Wildman–Crippen LogP) is 1.41. The van der Waals surface area contributed by atoms with Crippen molar-refractivity contribution in [3.63, 3.8) is 0 Å². The second kappa shape index (κ2) is 5.23. The molecule has 3 rings (SSSR count). The molecule has 1 aromatic carbocycles. The molecule has 1 aromatic heterocycles. The van der Waals surface area contributed by atoms with Gasteiger partial charge in [-0.05, 0) is 24.5 Å². The Hall–Kier alpha value is -1.73. The fourth-order valence-electron chi connectivity index (χ4n) is 2.45. The lowest BCUT2D eigenvalue weighted by Gasteiger charge is -2.23. The van der Waals surface area contributed by atoms with Crippen molar-refractivity contribution >= 4 is 9.84 Å². The summed E-state index contributed by atoms with van der Waals surface area (Å²) in [4.78, 5) is 4.28. The van der Waals surface area contributed by atoms with Crippen LogP contribution in [0, 0.1) is 0 Å². The Kier molecular flexibility index (Phi) is 3.54. The van der Waals surface area contributed by atoms with Gasteiger partial charge < -0.3 is 9.84 Å². The molecule has 2 unspecified atom stereocenters. The number of aromatic nitrogens is 2. The van der Waals surface area contributed by atoms with E-state index >= 15 is 0 Å². The molecular weight excluding hydrogens is 290 g/mol. The molecule has 2 atom stereocenters. The summed E-state index contributed by atoms with van der Waals surface area (Å²) in [7, 11) is -3.24. The standard InChI is InChI=1S/C14H17N3O3S/c1-9(21(2,18)19)13-16-14(20-17-13)12-11-6-4-3-5-10(11)7-8-15-12/h3-6,9,12,15H,7-8H2,1-2H3. The molecule has 0 aliphatic carbocycles. The summed E-state index contributed by atoms with van der Waals surface area (Å²) in [5.41, 5.74) is 2.35. The maximum atomic E-state index is 11.6. The smallest absolute Gasteiger partial charge is 0.248 e. The summed E-state index contributed by atoms with van der Waals surface area (Å²) in [6.07, 6.45) is 2.12. The Morgan fingerprint density at radius 2 is 2.14 bits per heavy atom. The van der Waals surface area contributed by atoms with Crippen LogP contribution in [0.5, 0.6) is 0 Å². The van der Waals surface area contributed by atoms with Gasteiger partial charge in [0.25, 0.3) is 0 Å². The van der Waals surface area contributed by atoms with Gasteiger partial charge in [-0.3, -0.25) is 0 Å². The molecule has 0 spiro atoms. The third kappa shape index (κ3) is 2.71. The van der Waals surface area contributed by atoms with Crippen LogP contribution in [0.3, 0.4) is 0 Å². The van der Waals surface area contributed by atoms with Crippen molar-refractivity contribution in [1.82, 2.24) is 15.5 Å². The number of fused-ring (bicyclic) bond motifs is 1. The summed E-state index contributed by atoms with van der Waals surface area (Å²) < 4.78 is 28.4. The fraction of sp³-hybridized carbons (Fsp3) is 0.429. The first kappa shape index (κ1) is 14.2. The highest BCUT2D eigenvalue weighted by Gasteiger charge is 2.29. The average Bonchev–Trinajstić information content (AvgIpc) is 2.94. The van der Waals surface area contributed by atoms with E-state index in [1.165, 1.54) is 11.8 Å². The maximum absolute atomic E-state index is 11.6. The fourth-order valence-corrected chi connectivity index (χ4v) is 2.92. The molecule has 0 saturated heterocycles. The van der Waals surface area contributed by atoms with E-state index < -0.39 is 15.1 Å². The summed E-state index contributed by atoms with van der Waals surface area (Å²) in [5.74, 6) is 0.616. The van der Waals surface area contributed by atoms with E-state index in [0.29, 0.717) is 5.89 Å². The number of rotatable bonds is 3. The van der Waals surface area contributed by atoms with Crippen LogP contribution in [0.25, 0.3) is 0 Å².